The Morgan fingerprint density at radius 3 is 2.57 bits per heavy atom. The zero-order chi connectivity index (χ0) is 10.4. The van der Waals surface area contributed by atoms with Crippen molar-refractivity contribution in [1.29, 1.82) is 0 Å². The maximum Gasteiger partial charge on any atom is 0.222 e. The Hall–Kier alpha value is -0.770. The number of anilines is 1. The molecule has 1 unspecified atom stereocenters. The molecular weight excluding hydrogens is 194 g/mol. The third-order valence-electron chi connectivity index (χ3n) is 1.97. The molecule has 0 aliphatic heterocycles. The summed E-state index contributed by atoms with van der Waals surface area (Å²) in [6.45, 7) is 4.16. The molecule has 1 N–H and O–H groups in total. The Kier molecular flexibility index (Phi) is 4.73. The number of hydrogen-bond acceptors (Lipinski definition) is 4. The highest BCUT2D eigenvalue weighted by molar-refractivity contribution is 7.98. The number of hydrogen-bond donors (Lipinski definition) is 1. The molecule has 0 bridgehead atoms. The molecule has 0 saturated heterocycles. The molecule has 0 saturated carbocycles. The van der Waals surface area contributed by atoms with E-state index in [9.17, 15) is 0 Å². The van der Waals surface area contributed by atoms with E-state index in [1.807, 2.05) is 31.1 Å². The minimum Gasteiger partial charge on any atom is -0.351 e. The summed E-state index contributed by atoms with van der Waals surface area (Å²) in [7, 11) is 0. The summed E-state index contributed by atoms with van der Waals surface area (Å²) in [4.78, 5) is 8.43. The third kappa shape index (κ3) is 3.54. The molecule has 1 atom stereocenters. The van der Waals surface area contributed by atoms with Crippen LogP contribution >= 0.6 is 11.8 Å². The minimum absolute atomic E-state index is 0.465. The molecule has 0 aromatic carbocycles. The van der Waals surface area contributed by atoms with Gasteiger partial charge in [0.25, 0.3) is 0 Å². The van der Waals surface area contributed by atoms with Gasteiger partial charge in [0.15, 0.2) is 0 Å². The van der Waals surface area contributed by atoms with Crippen LogP contribution in [-0.4, -0.2) is 28.0 Å². The van der Waals surface area contributed by atoms with Gasteiger partial charge in [-0.25, -0.2) is 9.97 Å². The number of nitrogens with zero attached hydrogens (tertiary/aromatic N) is 2. The van der Waals surface area contributed by atoms with Crippen LogP contribution in [0.15, 0.2) is 12.4 Å². The first-order valence-corrected chi connectivity index (χ1v) is 6.19. The van der Waals surface area contributed by atoms with E-state index in [1.54, 1.807) is 0 Å². The van der Waals surface area contributed by atoms with Crippen molar-refractivity contribution >= 4 is 17.7 Å². The molecule has 4 heteroatoms. The summed E-state index contributed by atoms with van der Waals surface area (Å²) in [6.07, 6.45) is 6.88. The average Bonchev–Trinajstić information content (AvgIpc) is 2.20. The van der Waals surface area contributed by atoms with Crippen molar-refractivity contribution in [3.8, 4) is 0 Å². The van der Waals surface area contributed by atoms with E-state index in [0.29, 0.717) is 6.04 Å². The van der Waals surface area contributed by atoms with Crippen LogP contribution in [0.25, 0.3) is 0 Å². The molecule has 3 nitrogen and oxygen atoms in total. The molecular formula is C10H17N3S. The second-order valence-corrected chi connectivity index (χ2v) is 4.20. The van der Waals surface area contributed by atoms with Crippen molar-refractivity contribution in [1.82, 2.24) is 9.97 Å². The predicted octanol–water partition coefficient (Wildman–Crippen LogP) is 2.34. The zero-order valence-electron chi connectivity index (χ0n) is 8.95. The minimum atomic E-state index is 0.465. The van der Waals surface area contributed by atoms with Crippen molar-refractivity contribution in [2.24, 2.45) is 0 Å². The van der Waals surface area contributed by atoms with Crippen molar-refractivity contribution in [3.05, 3.63) is 18.0 Å². The van der Waals surface area contributed by atoms with E-state index in [1.165, 1.54) is 0 Å². The van der Waals surface area contributed by atoms with Gasteiger partial charge in [-0.2, -0.15) is 11.8 Å². The topological polar surface area (TPSA) is 37.8 Å². The van der Waals surface area contributed by atoms with Crippen LogP contribution in [0.5, 0.6) is 0 Å². The lowest BCUT2D eigenvalue weighted by atomic mass is 10.3. The highest BCUT2D eigenvalue weighted by atomic mass is 32.2. The monoisotopic (exact) mass is 211 g/mol. The first-order valence-electron chi connectivity index (χ1n) is 4.80. The maximum atomic E-state index is 4.22. The van der Waals surface area contributed by atoms with Crippen LogP contribution in [0.2, 0.25) is 0 Å². The molecule has 0 aliphatic carbocycles. The van der Waals surface area contributed by atoms with Crippen molar-refractivity contribution in [3.63, 3.8) is 0 Å². The Labute approximate surface area is 89.7 Å². The molecule has 0 amide bonds. The Balaban J connectivity index is 2.53. The van der Waals surface area contributed by atoms with E-state index in [0.717, 1.165) is 23.7 Å². The van der Waals surface area contributed by atoms with Crippen LogP contribution in [0, 0.1) is 6.92 Å². The lowest BCUT2D eigenvalue weighted by Crippen LogP contribution is -2.22. The Bertz CT molecular complexity index is 261. The van der Waals surface area contributed by atoms with Crippen molar-refractivity contribution in [2.75, 3.05) is 17.3 Å². The fourth-order valence-electron chi connectivity index (χ4n) is 1.11. The van der Waals surface area contributed by atoms with E-state index >= 15 is 0 Å². The summed E-state index contributed by atoms with van der Waals surface area (Å²) in [5.74, 6) is 1.82. The van der Waals surface area contributed by atoms with Gasteiger partial charge in [-0.05, 0) is 25.2 Å². The van der Waals surface area contributed by atoms with Gasteiger partial charge in [-0.3, -0.25) is 0 Å². The van der Waals surface area contributed by atoms with Gasteiger partial charge in [0, 0.05) is 24.2 Å². The number of aryl methyl sites for hydroxylation is 1. The van der Waals surface area contributed by atoms with E-state index < -0.39 is 0 Å². The van der Waals surface area contributed by atoms with Crippen molar-refractivity contribution in [2.45, 2.75) is 26.3 Å². The lowest BCUT2D eigenvalue weighted by molar-refractivity contribution is 0.762. The standard InChI is InChI=1S/C10H17N3S/c1-4-9(7-14-3)13-10-11-5-8(2)6-12-10/h5-6,9H,4,7H2,1-3H3,(H,11,12,13). The van der Waals surface area contributed by atoms with Gasteiger partial charge >= 0.3 is 0 Å². The molecule has 1 aromatic heterocycles. The van der Waals surface area contributed by atoms with E-state index in [4.69, 9.17) is 0 Å². The Morgan fingerprint density at radius 2 is 2.07 bits per heavy atom. The smallest absolute Gasteiger partial charge is 0.222 e. The predicted molar refractivity (Wildman–Crippen MR) is 62.9 cm³/mol. The fourth-order valence-corrected chi connectivity index (χ4v) is 1.83. The molecule has 0 spiro atoms. The molecule has 0 fully saturated rings. The van der Waals surface area contributed by atoms with Crippen LogP contribution in [0.4, 0.5) is 5.95 Å². The number of nitrogens with one attached hydrogen (secondary N) is 1. The largest absolute Gasteiger partial charge is 0.351 e. The highest BCUT2D eigenvalue weighted by Crippen LogP contribution is 2.07. The molecule has 78 valence electrons. The zero-order valence-corrected chi connectivity index (χ0v) is 9.77. The molecule has 1 heterocycles. The third-order valence-corrected chi connectivity index (χ3v) is 2.71. The van der Waals surface area contributed by atoms with Gasteiger partial charge in [-0.1, -0.05) is 6.92 Å². The number of thioether (sulfide) groups is 1. The van der Waals surface area contributed by atoms with Gasteiger partial charge in [0.1, 0.15) is 0 Å². The molecule has 14 heavy (non-hydrogen) atoms. The van der Waals surface area contributed by atoms with Crippen LogP contribution in [0.3, 0.4) is 0 Å². The summed E-state index contributed by atoms with van der Waals surface area (Å²) in [5, 5.41) is 3.31. The fraction of sp³-hybridized carbons (Fsp3) is 0.600. The van der Waals surface area contributed by atoms with Crippen LogP contribution in [0.1, 0.15) is 18.9 Å². The summed E-state index contributed by atoms with van der Waals surface area (Å²) in [6, 6.07) is 0.465. The number of aromatic nitrogens is 2. The van der Waals surface area contributed by atoms with Crippen LogP contribution < -0.4 is 5.32 Å². The molecule has 1 aromatic rings. The highest BCUT2D eigenvalue weighted by Gasteiger charge is 2.05. The van der Waals surface area contributed by atoms with E-state index in [-0.39, 0.29) is 0 Å². The second kappa shape index (κ2) is 5.86. The SMILES string of the molecule is CCC(CSC)Nc1ncc(C)cn1. The summed E-state index contributed by atoms with van der Waals surface area (Å²) < 4.78 is 0. The maximum absolute atomic E-state index is 4.22. The van der Waals surface area contributed by atoms with Gasteiger partial charge in [0.05, 0.1) is 0 Å². The Morgan fingerprint density at radius 1 is 1.43 bits per heavy atom. The summed E-state index contributed by atoms with van der Waals surface area (Å²) in [5.41, 5.74) is 1.09. The summed E-state index contributed by atoms with van der Waals surface area (Å²) >= 11 is 1.84. The van der Waals surface area contributed by atoms with Crippen LogP contribution in [-0.2, 0) is 0 Å². The number of rotatable bonds is 5. The second-order valence-electron chi connectivity index (χ2n) is 3.29. The first kappa shape index (κ1) is 11.3. The molecule has 0 radical (unpaired) electrons. The normalized spacial score (nSPS) is 12.5. The molecule has 0 aliphatic rings. The lowest BCUT2D eigenvalue weighted by Gasteiger charge is -2.15. The molecule has 1 rings (SSSR count). The van der Waals surface area contributed by atoms with Gasteiger partial charge in [0.2, 0.25) is 5.95 Å². The van der Waals surface area contributed by atoms with Gasteiger partial charge in [-0.15, -0.1) is 0 Å². The van der Waals surface area contributed by atoms with Crippen molar-refractivity contribution < 1.29 is 0 Å². The van der Waals surface area contributed by atoms with E-state index in [2.05, 4.69) is 28.5 Å². The quantitative estimate of drug-likeness (QED) is 0.811. The first-order chi connectivity index (χ1) is 6.76. The average molecular weight is 211 g/mol. The van der Waals surface area contributed by atoms with Gasteiger partial charge < -0.3 is 5.32 Å².